The van der Waals surface area contributed by atoms with E-state index in [1.165, 1.54) is 0 Å². The van der Waals surface area contributed by atoms with Crippen LogP contribution in [0.1, 0.15) is 19.8 Å². The Morgan fingerprint density at radius 1 is 1.73 bits per heavy atom. The lowest BCUT2D eigenvalue weighted by Gasteiger charge is -2.13. The van der Waals surface area contributed by atoms with Gasteiger partial charge in [-0.05, 0) is 24.1 Å². The van der Waals surface area contributed by atoms with E-state index in [1.54, 1.807) is 0 Å². The predicted octanol–water partition coefficient (Wildman–Crippen LogP) is 0.744. The molecule has 0 fully saturated rings. The second kappa shape index (κ2) is 5.43. The Morgan fingerprint density at radius 3 is 2.55 bits per heavy atom. The molecule has 0 spiro atoms. The number of carbonyl (C=O) groups is 1. The van der Waals surface area contributed by atoms with Crippen LogP contribution in [0.2, 0.25) is 0 Å². The first-order valence-electron chi connectivity index (χ1n) is 3.66. The second-order valence-electron chi connectivity index (χ2n) is 2.78. The normalized spacial score (nSPS) is 15.9. The molecule has 11 heavy (non-hydrogen) atoms. The molecule has 66 valence electrons. The van der Waals surface area contributed by atoms with E-state index in [2.05, 4.69) is 12.6 Å². The van der Waals surface area contributed by atoms with Gasteiger partial charge in [-0.15, -0.1) is 0 Å². The summed E-state index contributed by atoms with van der Waals surface area (Å²) in [4.78, 5) is 10.3. The Morgan fingerprint density at radius 2 is 2.27 bits per heavy atom. The Labute approximate surface area is 72.4 Å². The van der Waals surface area contributed by atoms with Crippen LogP contribution in [-0.2, 0) is 4.79 Å². The van der Waals surface area contributed by atoms with Crippen LogP contribution >= 0.6 is 12.6 Å². The molecule has 3 nitrogen and oxygen atoms in total. The largest absolute Gasteiger partial charge is 0.481 e. The monoisotopic (exact) mass is 177 g/mol. The SMILES string of the molecule is CC(S)CC(CN)CC(=O)O. The summed E-state index contributed by atoms with van der Waals surface area (Å²) in [6, 6.07) is 0. The third-order valence-corrected chi connectivity index (χ3v) is 1.68. The Kier molecular flexibility index (Phi) is 5.32. The maximum absolute atomic E-state index is 10.3. The quantitative estimate of drug-likeness (QED) is 0.543. The van der Waals surface area contributed by atoms with Crippen molar-refractivity contribution in [3.8, 4) is 0 Å². The van der Waals surface area contributed by atoms with E-state index < -0.39 is 5.97 Å². The maximum Gasteiger partial charge on any atom is 0.303 e. The molecule has 0 aromatic rings. The predicted molar refractivity (Wildman–Crippen MR) is 47.9 cm³/mol. The number of nitrogens with two attached hydrogens (primary N) is 1. The molecule has 0 bridgehead atoms. The van der Waals surface area contributed by atoms with Crippen molar-refractivity contribution in [3.63, 3.8) is 0 Å². The molecule has 3 N–H and O–H groups in total. The van der Waals surface area contributed by atoms with Gasteiger partial charge >= 0.3 is 5.97 Å². The average molecular weight is 177 g/mol. The minimum atomic E-state index is -0.783. The third-order valence-electron chi connectivity index (χ3n) is 1.47. The van der Waals surface area contributed by atoms with Crippen molar-refractivity contribution < 1.29 is 9.90 Å². The number of thiol groups is 1. The highest BCUT2D eigenvalue weighted by Crippen LogP contribution is 2.13. The highest BCUT2D eigenvalue weighted by molar-refractivity contribution is 7.80. The zero-order valence-electron chi connectivity index (χ0n) is 6.66. The number of aliphatic carboxylic acids is 1. The van der Waals surface area contributed by atoms with Gasteiger partial charge in [-0.3, -0.25) is 4.79 Å². The summed E-state index contributed by atoms with van der Waals surface area (Å²) in [7, 11) is 0. The first kappa shape index (κ1) is 10.8. The molecule has 0 aliphatic heterocycles. The molecule has 4 heteroatoms. The van der Waals surface area contributed by atoms with Crippen molar-refractivity contribution in [1.82, 2.24) is 0 Å². The molecule has 0 saturated heterocycles. The van der Waals surface area contributed by atoms with Crippen LogP contribution in [-0.4, -0.2) is 22.9 Å². The zero-order chi connectivity index (χ0) is 8.85. The van der Waals surface area contributed by atoms with Crippen LogP contribution in [0.15, 0.2) is 0 Å². The molecule has 0 rings (SSSR count). The van der Waals surface area contributed by atoms with E-state index in [0.29, 0.717) is 6.54 Å². The molecule has 0 radical (unpaired) electrons. The maximum atomic E-state index is 10.3. The fourth-order valence-electron chi connectivity index (χ4n) is 0.992. The standard InChI is InChI=1S/C7H15NO2S/c1-5(11)2-6(4-8)3-7(9)10/h5-6,11H,2-4,8H2,1H3,(H,9,10). The van der Waals surface area contributed by atoms with Gasteiger partial charge in [0.1, 0.15) is 0 Å². The number of carboxylic acids is 1. The van der Waals surface area contributed by atoms with Crippen molar-refractivity contribution in [3.05, 3.63) is 0 Å². The van der Waals surface area contributed by atoms with Gasteiger partial charge in [0.25, 0.3) is 0 Å². The van der Waals surface area contributed by atoms with E-state index in [0.717, 1.165) is 6.42 Å². The van der Waals surface area contributed by atoms with Gasteiger partial charge in [-0.1, -0.05) is 6.92 Å². The second-order valence-corrected chi connectivity index (χ2v) is 3.67. The van der Waals surface area contributed by atoms with E-state index in [4.69, 9.17) is 10.8 Å². The van der Waals surface area contributed by atoms with Gasteiger partial charge < -0.3 is 10.8 Å². The summed E-state index contributed by atoms with van der Waals surface area (Å²) in [5.41, 5.74) is 5.37. The fraction of sp³-hybridized carbons (Fsp3) is 0.857. The summed E-state index contributed by atoms with van der Waals surface area (Å²) in [5, 5.41) is 8.67. The summed E-state index contributed by atoms with van der Waals surface area (Å²) in [6.07, 6.45) is 0.924. The van der Waals surface area contributed by atoms with Gasteiger partial charge in [0.15, 0.2) is 0 Å². The molecular formula is C7H15NO2S. The molecule has 0 heterocycles. The summed E-state index contributed by atoms with van der Waals surface area (Å²) < 4.78 is 0. The van der Waals surface area contributed by atoms with Gasteiger partial charge in [-0.25, -0.2) is 0 Å². The number of carboxylic acid groups (broad SMARTS) is 1. The highest BCUT2D eigenvalue weighted by atomic mass is 32.1. The lowest BCUT2D eigenvalue weighted by atomic mass is 10.0. The molecular weight excluding hydrogens is 162 g/mol. The molecule has 2 atom stereocenters. The van der Waals surface area contributed by atoms with Crippen LogP contribution in [0.3, 0.4) is 0 Å². The smallest absolute Gasteiger partial charge is 0.303 e. The zero-order valence-corrected chi connectivity index (χ0v) is 7.55. The lowest BCUT2D eigenvalue weighted by Crippen LogP contribution is -2.20. The van der Waals surface area contributed by atoms with Gasteiger partial charge in [0.05, 0.1) is 0 Å². The number of rotatable bonds is 5. The van der Waals surface area contributed by atoms with E-state index in [9.17, 15) is 4.79 Å². The Bertz CT molecular complexity index is 128. The molecule has 0 amide bonds. The van der Waals surface area contributed by atoms with Crippen molar-refractivity contribution in [2.75, 3.05) is 6.54 Å². The lowest BCUT2D eigenvalue weighted by molar-refractivity contribution is -0.138. The highest BCUT2D eigenvalue weighted by Gasteiger charge is 2.12. The molecule has 0 saturated carbocycles. The van der Waals surface area contributed by atoms with Crippen LogP contribution in [0.25, 0.3) is 0 Å². The van der Waals surface area contributed by atoms with Crippen molar-refractivity contribution >= 4 is 18.6 Å². The van der Waals surface area contributed by atoms with Crippen LogP contribution in [0.4, 0.5) is 0 Å². The Balaban J connectivity index is 3.66. The molecule has 0 aliphatic carbocycles. The first-order chi connectivity index (χ1) is 5.06. The Hall–Kier alpha value is -0.220. The topological polar surface area (TPSA) is 63.3 Å². The average Bonchev–Trinajstić information content (AvgIpc) is 1.84. The van der Waals surface area contributed by atoms with E-state index in [1.807, 2.05) is 6.92 Å². The van der Waals surface area contributed by atoms with Crippen LogP contribution in [0.5, 0.6) is 0 Å². The van der Waals surface area contributed by atoms with Gasteiger partial charge in [0.2, 0.25) is 0 Å². The van der Waals surface area contributed by atoms with Gasteiger partial charge in [0, 0.05) is 6.42 Å². The molecule has 0 aromatic heterocycles. The summed E-state index contributed by atoms with van der Waals surface area (Å²) in [6.45, 7) is 2.37. The van der Waals surface area contributed by atoms with Crippen molar-refractivity contribution in [1.29, 1.82) is 0 Å². The van der Waals surface area contributed by atoms with E-state index >= 15 is 0 Å². The van der Waals surface area contributed by atoms with Crippen molar-refractivity contribution in [2.45, 2.75) is 25.0 Å². The molecule has 0 aliphatic rings. The first-order valence-corrected chi connectivity index (χ1v) is 4.17. The fourth-order valence-corrected chi connectivity index (χ4v) is 1.29. The minimum Gasteiger partial charge on any atom is -0.481 e. The summed E-state index contributed by atoms with van der Waals surface area (Å²) in [5.74, 6) is -0.713. The third kappa shape index (κ3) is 6.19. The minimum absolute atomic E-state index is 0.0694. The molecule has 0 aromatic carbocycles. The number of hydrogen-bond acceptors (Lipinski definition) is 3. The molecule has 2 unspecified atom stereocenters. The summed E-state index contributed by atoms with van der Waals surface area (Å²) >= 11 is 4.17. The van der Waals surface area contributed by atoms with Crippen molar-refractivity contribution in [2.24, 2.45) is 11.7 Å². The van der Waals surface area contributed by atoms with Gasteiger partial charge in [-0.2, -0.15) is 12.6 Å². The van der Waals surface area contributed by atoms with E-state index in [-0.39, 0.29) is 17.6 Å². The van der Waals surface area contributed by atoms with Crippen LogP contribution < -0.4 is 5.73 Å². The number of hydrogen-bond donors (Lipinski definition) is 3. The van der Waals surface area contributed by atoms with Crippen LogP contribution in [0, 0.1) is 5.92 Å².